The maximum Gasteiger partial charge on any atom is 4.00 e. The van der Waals surface area contributed by atoms with E-state index in [1.165, 1.54) is 0 Å². The minimum atomic E-state index is -2.92. The Bertz CT molecular complexity index is 27.1. The zero-order chi connectivity index (χ0) is 7.15. The monoisotopic (exact) mass is 150 g/mol. The summed E-state index contributed by atoms with van der Waals surface area (Å²) in [5.74, 6) is 0. The van der Waals surface area contributed by atoms with Crippen molar-refractivity contribution in [1.82, 2.24) is 0 Å². The quantitative estimate of drug-likeness (QED) is 0.325. The third-order valence-corrected chi connectivity index (χ3v) is 0. The number of rotatable bonds is 0. The van der Waals surface area contributed by atoms with Crippen LogP contribution in [0.3, 0.4) is 0 Å². The Morgan fingerprint density at radius 3 is 0.900 bits per heavy atom. The molecule has 0 radical (unpaired) electrons. The van der Waals surface area contributed by atoms with Crippen LogP contribution in [0, 0.1) is 7.43 Å². The Labute approximate surface area is 58.9 Å². The summed E-state index contributed by atoms with van der Waals surface area (Å²) in [7, 11) is -5.33. The van der Waals surface area contributed by atoms with Gasteiger partial charge in [0.1, 0.15) is 0 Å². The van der Waals surface area contributed by atoms with E-state index in [4.69, 9.17) is 30.1 Å². The van der Waals surface area contributed by atoms with Gasteiger partial charge in [-0.15, -0.1) is 0 Å². The Hall–Kier alpha value is -0.150. The summed E-state index contributed by atoms with van der Waals surface area (Å²) in [5.41, 5.74) is 0. The normalized spacial score (nSPS) is 5.40. The molecule has 9 heteroatoms. The zero-order valence-corrected chi connectivity index (χ0v) is 4.68. The maximum atomic E-state index is 8.64. The second kappa shape index (κ2) is 15.9. The van der Waals surface area contributed by atoms with Gasteiger partial charge in [-0.05, 0) is 0 Å². The second-order valence-corrected chi connectivity index (χ2v) is 0.615. The van der Waals surface area contributed by atoms with Gasteiger partial charge in [-0.1, -0.05) is 0 Å². The van der Waals surface area contributed by atoms with Crippen molar-refractivity contribution in [2.75, 3.05) is 0 Å². The average molecular weight is 150 g/mol. The van der Waals surface area contributed by atoms with E-state index in [1.54, 1.807) is 0 Å². The van der Waals surface area contributed by atoms with Crippen LogP contribution >= 0.6 is 0 Å². The van der Waals surface area contributed by atoms with E-state index in [-0.39, 0.29) is 12.9 Å². The van der Waals surface area contributed by atoms with Crippen molar-refractivity contribution in [3.8, 4) is 0 Å². The fourth-order valence-electron chi connectivity index (χ4n) is 0. The van der Waals surface area contributed by atoms with Crippen LogP contribution in [0.1, 0.15) is 0 Å². The summed E-state index contributed by atoms with van der Waals surface area (Å²) in [6, 6.07) is 0. The first-order valence-corrected chi connectivity index (χ1v) is 1.46. The van der Waals surface area contributed by atoms with Crippen LogP contribution in [0.5, 0.6) is 0 Å². The van der Waals surface area contributed by atoms with E-state index in [1.807, 2.05) is 0 Å². The van der Waals surface area contributed by atoms with Crippen LogP contribution in [0.4, 0.5) is 0 Å². The van der Waals surface area contributed by atoms with Crippen molar-refractivity contribution in [2.45, 2.75) is 0 Å². The number of hydrogen-bond acceptors (Lipinski definition) is 6. The maximum absolute atomic E-state index is 8.64. The first-order chi connectivity index (χ1) is 3.46. The molecule has 0 spiro atoms. The van der Waals surface area contributed by atoms with Gasteiger partial charge < -0.3 is 35.6 Å². The van der Waals surface area contributed by atoms with Gasteiger partial charge in [-0.2, -0.15) is 0 Å². The molecule has 0 aromatic heterocycles. The summed E-state index contributed by atoms with van der Waals surface area (Å²) in [4.78, 5) is 0. The van der Waals surface area contributed by atoms with Crippen LogP contribution in [-0.4, -0.2) is 30.2 Å². The van der Waals surface area contributed by atoms with Gasteiger partial charge in [0.05, 0.1) is 0 Å². The third kappa shape index (κ3) is 16300. The van der Waals surface area contributed by atoms with Gasteiger partial charge in [0.15, 0.2) is 0 Å². The molecule has 0 bridgehead atoms. The Balaban J connectivity index is -0.0000000300. The van der Waals surface area contributed by atoms with E-state index in [0.717, 1.165) is 0 Å². The third-order valence-electron chi connectivity index (χ3n) is 0. The molecule has 0 aliphatic rings. The Morgan fingerprint density at radius 2 is 0.900 bits per heavy atom. The number of hydrogen-bond donors (Lipinski definition) is 2. The topological polar surface area (TPSA) is 164 Å². The molecule has 0 aromatic carbocycles. The van der Waals surface area contributed by atoms with Crippen LogP contribution in [-0.2, 0) is 0 Å². The van der Waals surface area contributed by atoms with Crippen LogP contribution in [0.25, 0.3) is 0 Å². The first kappa shape index (κ1) is 22.5. The van der Waals surface area contributed by atoms with Crippen molar-refractivity contribution in [1.29, 1.82) is 0 Å². The summed E-state index contributed by atoms with van der Waals surface area (Å²) >= 11 is 0. The minimum absolute atomic E-state index is 0. The molecule has 0 atom stereocenters. The molecule has 0 unspecified atom stereocenters. The first-order valence-electron chi connectivity index (χ1n) is 1.46. The molecule has 0 aliphatic heterocycles. The molecule has 0 amide bonds. The SMILES string of the molecule is O.[C+4].[O-]B(O)O.[O-]B([O-])[O-]. The minimum Gasteiger partial charge on any atom is -0.907 e. The van der Waals surface area contributed by atoms with Crippen molar-refractivity contribution in [2.24, 2.45) is 0 Å². The molecular weight excluding hydrogens is 146 g/mol. The molecule has 4 N–H and O–H groups in total. The molecule has 10 heavy (non-hydrogen) atoms. The van der Waals surface area contributed by atoms with Gasteiger partial charge in [0.25, 0.3) is 0 Å². The smallest absolute Gasteiger partial charge is 0.907 e. The summed E-state index contributed by atoms with van der Waals surface area (Å²) in [6.07, 6.45) is 0. The molecule has 0 aromatic rings. The summed E-state index contributed by atoms with van der Waals surface area (Å²) in [5, 5.41) is 48.0. The Morgan fingerprint density at radius 1 is 0.900 bits per heavy atom. The van der Waals surface area contributed by atoms with Gasteiger partial charge >= 0.3 is 14.7 Å². The molecule has 0 saturated carbocycles. The molecule has 7 nitrogen and oxygen atoms in total. The fraction of sp³-hybridized carbons (Fsp3) is 0. The van der Waals surface area contributed by atoms with Gasteiger partial charge in [0.2, 0.25) is 0 Å². The van der Waals surface area contributed by atoms with Crippen LogP contribution in [0.15, 0.2) is 0 Å². The molecule has 0 saturated heterocycles. The molecule has 0 aliphatic carbocycles. The van der Waals surface area contributed by atoms with Gasteiger partial charge in [0, 0.05) is 0 Å². The average Bonchev–Trinajstić information content (AvgIpc) is 1.25. The Kier molecular flexibility index (Phi) is 35.9. The molecule has 0 heterocycles. The van der Waals surface area contributed by atoms with Crippen molar-refractivity contribution >= 4 is 14.6 Å². The molecule has 0 rings (SSSR count). The van der Waals surface area contributed by atoms with Crippen LogP contribution in [0.2, 0.25) is 0 Å². The van der Waals surface area contributed by atoms with Gasteiger partial charge in [-0.3, -0.25) is 7.32 Å². The van der Waals surface area contributed by atoms with E-state index in [2.05, 4.69) is 0 Å². The predicted octanol–water partition coefficient (Wildman–Crippen LogP) is -7.38. The fourth-order valence-corrected chi connectivity index (χ4v) is 0. The van der Waals surface area contributed by atoms with Crippen molar-refractivity contribution in [3.63, 3.8) is 0 Å². The van der Waals surface area contributed by atoms with E-state index in [0.29, 0.717) is 0 Å². The molecule has 56 valence electrons. The van der Waals surface area contributed by atoms with E-state index in [9.17, 15) is 0 Å². The zero-order valence-electron chi connectivity index (χ0n) is 4.68. The summed E-state index contributed by atoms with van der Waals surface area (Å²) in [6.45, 7) is 0. The van der Waals surface area contributed by atoms with Crippen LogP contribution < -0.4 is 20.1 Å². The summed E-state index contributed by atoms with van der Waals surface area (Å²) < 4.78 is 0. The van der Waals surface area contributed by atoms with E-state index >= 15 is 0 Å². The molecule has 0 fully saturated rings. The van der Waals surface area contributed by atoms with Gasteiger partial charge in [-0.25, -0.2) is 0 Å². The van der Waals surface area contributed by atoms with E-state index < -0.39 is 14.6 Å². The van der Waals surface area contributed by atoms with Crippen molar-refractivity contribution < 1.29 is 35.6 Å². The largest absolute Gasteiger partial charge is 4.00 e. The van der Waals surface area contributed by atoms with Crippen molar-refractivity contribution in [3.05, 3.63) is 7.43 Å². The molecular formula is CH4B2O7. The predicted molar refractivity (Wildman–Crippen MR) is 22.8 cm³/mol. The second-order valence-electron chi connectivity index (χ2n) is 0.615. The standard InChI is InChI=1S/C.BH2O3.BO3.H2O/c;2*2-1(3)4;/h;2-3H;;1H2/q+4;-1;-3;.